The molecular weight excluding hydrogens is 246 g/mol. The molecule has 0 saturated heterocycles. The molecule has 1 aromatic carbocycles. The van der Waals surface area contributed by atoms with Crippen LogP contribution in [0.5, 0.6) is 0 Å². The third-order valence-electron chi connectivity index (χ3n) is 3.50. The monoisotopic (exact) mass is 273 g/mol. The highest BCUT2D eigenvalue weighted by molar-refractivity contribution is 5.91. The molecule has 0 saturated carbocycles. The van der Waals surface area contributed by atoms with E-state index in [2.05, 4.69) is 45.0 Å². The summed E-state index contributed by atoms with van der Waals surface area (Å²) in [5.74, 6) is 0.646. The molecule has 1 rings (SSSR count). The molecule has 0 atom stereocenters. The molecule has 2 nitrogen and oxygen atoms in total. The van der Waals surface area contributed by atoms with Gasteiger partial charge in [-0.3, -0.25) is 4.79 Å². The molecule has 110 valence electrons. The van der Waals surface area contributed by atoms with Crippen molar-refractivity contribution in [3.05, 3.63) is 41.5 Å². The standard InChI is InChI=1S/C18H27NO/c1-5-7-14-19(6-2)18(20)13-10-16-8-11-17(12-9-16)15(3)4/h8-13,15H,5-7,14H2,1-4H3/b13-10+. The van der Waals surface area contributed by atoms with Crippen LogP contribution in [0.15, 0.2) is 30.3 Å². The first-order valence-corrected chi connectivity index (χ1v) is 7.65. The Balaban J connectivity index is 2.63. The van der Waals surface area contributed by atoms with E-state index in [4.69, 9.17) is 0 Å². The Morgan fingerprint density at radius 3 is 2.35 bits per heavy atom. The van der Waals surface area contributed by atoms with Crippen LogP contribution in [0.3, 0.4) is 0 Å². The topological polar surface area (TPSA) is 20.3 Å². The van der Waals surface area contributed by atoms with Crippen LogP contribution in [0, 0.1) is 0 Å². The predicted molar refractivity (Wildman–Crippen MR) is 86.7 cm³/mol. The minimum Gasteiger partial charge on any atom is -0.339 e. The third-order valence-corrected chi connectivity index (χ3v) is 3.50. The lowest BCUT2D eigenvalue weighted by molar-refractivity contribution is -0.125. The highest BCUT2D eigenvalue weighted by atomic mass is 16.2. The normalized spacial score (nSPS) is 11.2. The van der Waals surface area contributed by atoms with Gasteiger partial charge in [0, 0.05) is 19.2 Å². The van der Waals surface area contributed by atoms with E-state index in [-0.39, 0.29) is 5.91 Å². The predicted octanol–water partition coefficient (Wildman–Crippen LogP) is 4.47. The summed E-state index contributed by atoms with van der Waals surface area (Å²) in [6, 6.07) is 8.40. The zero-order valence-electron chi connectivity index (χ0n) is 13.2. The van der Waals surface area contributed by atoms with Gasteiger partial charge in [0.15, 0.2) is 0 Å². The molecule has 20 heavy (non-hydrogen) atoms. The Kier molecular flexibility index (Phi) is 7.06. The molecular formula is C18H27NO. The molecule has 0 aromatic heterocycles. The van der Waals surface area contributed by atoms with Crippen LogP contribution in [0.2, 0.25) is 0 Å². The van der Waals surface area contributed by atoms with E-state index in [1.807, 2.05) is 17.9 Å². The van der Waals surface area contributed by atoms with Crippen molar-refractivity contribution in [3.8, 4) is 0 Å². The highest BCUT2D eigenvalue weighted by Gasteiger charge is 2.06. The van der Waals surface area contributed by atoms with Gasteiger partial charge >= 0.3 is 0 Å². The average Bonchev–Trinajstić information content (AvgIpc) is 2.46. The molecule has 0 bridgehead atoms. The first-order chi connectivity index (χ1) is 9.58. The van der Waals surface area contributed by atoms with Crippen LogP contribution < -0.4 is 0 Å². The van der Waals surface area contributed by atoms with Crippen molar-refractivity contribution < 1.29 is 4.79 Å². The van der Waals surface area contributed by atoms with Crippen molar-refractivity contribution in [2.24, 2.45) is 0 Å². The van der Waals surface area contributed by atoms with Crippen LogP contribution in [0.4, 0.5) is 0 Å². The fourth-order valence-corrected chi connectivity index (χ4v) is 2.04. The molecule has 0 heterocycles. The zero-order valence-corrected chi connectivity index (χ0v) is 13.2. The maximum atomic E-state index is 12.1. The van der Waals surface area contributed by atoms with E-state index in [0.717, 1.165) is 31.5 Å². The molecule has 0 aliphatic heterocycles. The summed E-state index contributed by atoms with van der Waals surface area (Å²) in [5, 5.41) is 0. The summed E-state index contributed by atoms with van der Waals surface area (Å²) in [5.41, 5.74) is 2.40. The lowest BCUT2D eigenvalue weighted by Gasteiger charge is -2.18. The summed E-state index contributed by atoms with van der Waals surface area (Å²) in [7, 11) is 0. The zero-order chi connectivity index (χ0) is 15.0. The first kappa shape index (κ1) is 16.5. The minimum atomic E-state index is 0.105. The number of hydrogen-bond donors (Lipinski definition) is 0. The van der Waals surface area contributed by atoms with E-state index in [9.17, 15) is 4.79 Å². The summed E-state index contributed by atoms with van der Waals surface area (Å²) in [6.45, 7) is 10.2. The van der Waals surface area contributed by atoms with Crippen molar-refractivity contribution in [1.29, 1.82) is 0 Å². The number of hydrogen-bond acceptors (Lipinski definition) is 1. The van der Waals surface area contributed by atoms with Crippen LogP contribution in [-0.4, -0.2) is 23.9 Å². The second-order valence-corrected chi connectivity index (χ2v) is 5.43. The van der Waals surface area contributed by atoms with Crippen molar-refractivity contribution in [3.63, 3.8) is 0 Å². The van der Waals surface area contributed by atoms with Crippen LogP contribution >= 0.6 is 0 Å². The molecule has 1 amide bonds. The summed E-state index contributed by atoms with van der Waals surface area (Å²) < 4.78 is 0. The van der Waals surface area contributed by atoms with Gasteiger partial charge in [-0.1, -0.05) is 51.5 Å². The molecule has 0 aliphatic rings. The average molecular weight is 273 g/mol. The third kappa shape index (κ3) is 5.20. The molecule has 2 heteroatoms. The Morgan fingerprint density at radius 2 is 1.85 bits per heavy atom. The minimum absolute atomic E-state index is 0.105. The number of carbonyl (C=O) groups excluding carboxylic acids is 1. The maximum absolute atomic E-state index is 12.1. The second kappa shape index (κ2) is 8.57. The molecule has 0 unspecified atom stereocenters. The van der Waals surface area contributed by atoms with Gasteiger partial charge in [-0.25, -0.2) is 0 Å². The highest BCUT2D eigenvalue weighted by Crippen LogP contribution is 2.15. The Labute approximate surface area is 123 Å². The SMILES string of the molecule is CCCCN(CC)C(=O)/C=C/c1ccc(C(C)C)cc1. The Morgan fingerprint density at radius 1 is 1.20 bits per heavy atom. The number of amides is 1. The molecule has 0 spiro atoms. The quantitative estimate of drug-likeness (QED) is 0.671. The number of unbranched alkanes of at least 4 members (excludes halogenated alkanes) is 1. The number of benzene rings is 1. The number of rotatable bonds is 7. The van der Waals surface area contributed by atoms with Gasteiger partial charge in [0.1, 0.15) is 0 Å². The van der Waals surface area contributed by atoms with E-state index in [1.165, 1.54) is 5.56 Å². The molecule has 0 fully saturated rings. The van der Waals surface area contributed by atoms with Crippen LogP contribution in [0.25, 0.3) is 6.08 Å². The lowest BCUT2D eigenvalue weighted by atomic mass is 10.0. The van der Waals surface area contributed by atoms with E-state index >= 15 is 0 Å². The Hall–Kier alpha value is -1.57. The summed E-state index contributed by atoms with van der Waals surface area (Å²) in [4.78, 5) is 14.0. The fourth-order valence-electron chi connectivity index (χ4n) is 2.04. The molecule has 0 aliphatic carbocycles. The van der Waals surface area contributed by atoms with Crippen molar-refractivity contribution in [1.82, 2.24) is 4.90 Å². The van der Waals surface area contributed by atoms with Gasteiger partial charge in [0.05, 0.1) is 0 Å². The first-order valence-electron chi connectivity index (χ1n) is 7.65. The molecule has 0 radical (unpaired) electrons. The van der Waals surface area contributed by atoms with Crippen LogP contribution in [-0.2, 0) is 4.79 Å². The number of carbonyl (C=O) groups is 1. The second-order valence-electron chi connectivity index (χ2n) is 5.43. The van der Waals surface area contributed by atoms with Crippen molar-refractivity contribution in [2.45, 2.75) is 46.5 Å². The smallest absolute Gasteiger partial charge is 0.246 e. The van der Waals surface area contributed by atoms with E-state index in [1.54, 1.807) is 6.08 Å². The largest absolute Gasteiger partial charge is 0.339 e. The molecule has 1 aromatic rings. The van der Waals surface area contributed by atoms with Gasteiger partial charge in [-0.2, -0.15) is 0 Å². The fraction of sp³-hybridized carbons (Fsp3) is 0.500. The van der Waals surface area contributed by atoms with Crippen LogP contribution in [0.1, 0.15) is 57.6 Å². The molecule has 0 N–H and O–H groups in total. The van der Waals surface area contributed by atoms with Gasteiger partial charge in [0.2, 0.25) is 5.91 Å². The van der Waals surface area contributed by atoms with Gasteiger partial charge < -0.3 is 4.90 Å². The summed E-state index contributed by atoms with van der Waals surface area (Å²) in [6.07, 6.45) is 5.77. The van der Waals surface area contributed by atoms with Crippen molar-refractivity contribution >= 4 is 12.0 Å². The summed E-state index contributed by atoms with van der Waals surface area (Å²) >= 11 is 0. The van der Waals surface area contributed by atoms with Gasteiger partial charge in [0.25, 0.3) is 0 Å². The van der Waals surface area contributed by atoms with Gasteiger partial charge in [-0.05, 0) is 36.5 Å². The van der Waals surface area contributed by atoms with E-state index in [0.29, 0.717) is 5.92 Å². The number of nitrogens with zero attached hydrogens (tertiary/aromatic N) is 1. The van der Waals surface area contributed by atoms with Crippen molar-refractivity contribution in [2.75, 3.05) is 13.1 Å². The van der Waals surface area contributed by atoms with Gasteiger partial charge in [-0.15, -0.1) is 0 Å². The lowest BCUT2D eigenvalue weighted by Crippen LogP contribution is -2.30. The Bertz CT molecular complexity index is 431. The van der Waals surface area contributed by atoms with E-state index < -0.39 is 0 Å². The maximum Gasteiger partial charge on any atom is 0.246 e. The number of likely N-dealkylation sites (N-methyl/N-ethyl adjacent to an activating group) is 1.